The molecule has 0 saturated carbocycles. The first-order valence-corrected chi connectivity index (χ1v) is 9.28. The summed E-state index contributed by atoms with van der Waals surface area (Å²) >= 11 is 0. The molecule has 1 N–H and O–H groups in total. The zero-order valence-corrected chi connectivity index (χ0v) is 15.2. The van der Waals surface area contributed by atoms with E-state index in [0.717, 1.165) is 44.5 Å². The number of hydrogen-bond donors (Lipinski definition) is 1. The standard InChI is InChI=1S/C26H20O/c1-18-15-16-20(19-9-3-2-4-10-19)25(17-18)26(27)23-13-7-5-11-21(23)22-12-6-8-14-24(22)26/h2-17,27H,1H3. The minimum absolute atomic E-state index is 0.936. The molecule has 27 heavy (non-hydrogen) atoms. The van der Waals surface area contributed by atoms with Crippen molar-refractivity contribution < 1.29 is 5.11 Å². The molecule has 1 heteroatoms. The van der Waals surface area contributed by atoms with Gasteiger partial charge in [-0.05, 0) is 29.2 Å². The summed E-state index contributed by atoms with van der Waals surface area (Å²) < 4.78 is 0. The summed E-state index contributed by atoms with van der Waals surface area (Å²) in [6.45, 7) is 2.08. The Hall–Kier alpha value is -3.16. The van der Waals surface area contributed by atoms with Crippen molar-refractivity contribution in [2.45, 2.75) is 12.5 Å². The van der Waals surface area contributed by atoms with Crippen LogP contribution in [0, 0.1) is 6.92 Å². The lowest BCUT2D eigenvalue weighted by atomic mass is 9.79. The molecule has 4 aromatic rings. The fourth-order valence-corrected chi connectivity index (χ4v) is 4.33. The number of benzene rings is 4. The van der Waals surface area contributed by atoms with Gasteiger partial charge < -0.3 is 5.11 Å². The Morgan fingerprint density at radius 3 is 1.74 bits per heavy atom. The summed E-state index contributed by atoms with van der Waals surface area (Å²) in [5, 5.41) is 12.2. The molecule has 0 aliphatic heterocycles. The molecule has 1 aliphatic carbocycles. The molecule has 0 atom stereocenters. The van der Waals surface area contributed by atoms with Crippen molar-refractivity contribution in [3.8, 4) is 22.3 Å². The van der Waals surface area contributed by atoms with Gasteiger partial charge in [-0.15, -0.1) is 0 Å². The molecule has 0 amide bonds. The highest BCUT2D eigenvalue weighted by molar-refractivity contribution is 5.84. The van der Waals surface area contributed by atoms with E-state index >= 15 is 0 Å². The lowest BCUT2D eigenvalue weighted by Crippen LogP contribution is -2.27. The second-order valence-electron chi connectivity index (χ2n) is 7.22. The topological polar surface area (TPSA) is 20.2 Å². The maximum atomic E-state index is 12.2. The maximum Gasteiger partial charge on any atom is 0.142 e. The summed E-state index contributed by atoms with van der Waals surface area (Å²) in [7, 11) is 0. The van der Waals surface area contributed by atoms with Gasteiger partial charge in [-0.1, -0.05) is 103 Å². The van der Waals surface area contributed by atoms with Crippen LogP contribution in [0.3, 0.4) is 0 Å². The van der Waals surface area contributed by atoms with Crippen molar-refractivity contribution in [1.29, 1.82) is 0 Å². The molecule has 0 fully saturated rings. The number of hydrogen-bond acceptors (Lipinski definition) is 1. The fraction of sp³-hybridized carbons (Fsp3) is 0.0769. The number of aliphatic hydroxyl groups is 1. The van der Waals surface area contributed by atoms with Crippen LogP contribution in [0.25, 0.3) is 22.3 Å². The van der Waals surface area contributed by atoms with Crippen LogP contribution in [0.15, 0.2) is 97.1 Å². The zero-order valence-electron chi connectivity index (χ0n) is 15.2. The molecule has 130 valence electrons. The van der Waals surface area contributed by atoms with Crippen LogP contribution >= 0.6 is 0 Å². The molecule has 0 aromatic heterocycles. The molecule has 0 unspecified atom stereocenters. The van der Waals surface area contributed by atoms with E-state index in [4.69, 9.17) is 0 Å². The van der Waals surface area contributed by atoms with Gasteiger partial charge in [0.25, 0.3) is 0 Å². The van der Waals surface area contributed by atoms with Gasteiger partial charge in [0.1, 0.15) is 5.60 Å². The Morgan fingerprint density at radius 2 is 1.11 bits per heavy atom. The zero-order chi connectivity index (χ0) is 18.4. The van der Waals surface area contributed by atoms with Gasteiger partial charge in [0, 0.05) is 16.7 Å². The Labute approximate surface area is 159 Å². The van der Waals surface area contributed by atoms with Crippen molar-refractivity contribution in [2.24, 2.45) is 0 Å². The molecule has 0 saturated heterocycles. The van der Waals surface area contributed by atoms with Crippen molar-refractivity contribution >= 4 is 0 Å². The Balaban J connectivity index is 1.87. The summed E-state index contributed by atoms with van der Waals surface area (Å²) in [6.07, 6.45) is 0. The van der Waals surface area contributed by atoms with Crippen LogP contribution < -0.4 is 0 Å². The first-order chi connectivity index (χ1) is 13.2. The van der Waals surface area contributed by atoms with E-state index in [9.17, 15) is 5.11 Å². The Morgan fingerprint density at radius 1 is 0.556 bits per heavy atom. The molecule has 0 bridgehead atoms. The molecule has 4 aromatic carbocycles. The average molecular weight is 348 g/mol. The summed E-state index contributed by atoms with van der Waals surface area (Å²) in [6, 6.07) is 33.1. The number of rotatable bonds is 2. The molecule has 0 radical (unpaired) electrons. The molecule has 0 spiro atoms. The highest BCUT2D eigenvalue weighted by Gasteiger charge is 2.44. The van der Waals surface area contributed by atoms with Crippen molar-refractivity contribution in [3.05, 3.63) is 119 Å². The number of aryl methyl sites for hydroxylation is 1. The predicted molar refractivity (Wildman–Crippen MR) is 111 cm³/mol. The third kappa shape index (κ3) is 2.29. The van der Waals surface area contributed by atoms with E-state index < -0.39 is 5.60 Å². The van der Waals surface area contributed by atoms with Crippen LogP contribution in [-0.2, 0) is 5.60 Å². The SMILES string of the molecule is Cc1ccc(-c2ccccc2)c(C2(O)c3ccccc3-c3ccccc32)c1. The van der Waals surface area contributed by atoms with Crippen molar-refractivity contribution in [3.63, 3.8) is 0 Å². The summed E-state index contributed by atoms with van der Waals surface area (Å²) in [5.41, 5.74) is 7.21. The highest BCUT2D eigenvalue weighted by Crippen LogP contribution is 2.52. The van der Waals surface area contributed by atoms with Gasteiger partial charge >= 0.3 is 0 Å². The minimum atomic E-state index is -1.16. The molecule has 5 rings (SSSR count). The van der Waals surface area contributed by atoms with Gasteiger partial charge in [-0.25, -0.2) is 0 Å². The number of fused-ring (bicyclic) bond motifs is 3. The highest BCUT2D eigenvalue weighted by atomic mass is 16.3. The third-order valence-corrected chi connectivity index (χ3v) is 5.57. The van der Waals surface area contributed by atoms with E-state index in [2.05, 4.69) is 49.4 Å². The summed E-state index contributed by atoms with van der Waals surface area (Å²) in [5.74, 6) is 0. The van der Waals surface area contributed by atoms with Gasteiger partial charge in [-0.3, -0.25) is 0 Å². The Bertz CT molecular complexity index is 1100. The van der Waals surface area contributed by atoms with Crippen molar-refractivity contribution in [2.75, 3.05) is 0 Å². The maximum absolute atomic E-state index is 12.2. The van der Waals surface area contributed by atoms with Crippen molar-refractivity contribution in [1.82, 2.24) is 0 Å². The molecule has 1 nitrogen and oxygen atoms in total. The Kier molecular flexibility index (Phi) is 3.53. The molecule has 0 heterocycles. The minimum Gasteiger partial charge on any atom is -0.376 e. The van der Waals surface area contributed by atoms with E-state index in [1.165, 1.54) is 0 Å². The average Bonchev–Trinajstić information content (AvgIpc) is 2.99. The third-order valence-electron chi connectivity index (χ3n) is 5.57. The second kappa shape index (κ2) is 5.94. The van der Waals surface area contributed by atoms with E-state index in [1.807, 2.05) is 54.6 Å². The summed E-state index contributed by atoms with van der Waals surface area (Å²) in [4.78, 5) is 0. The van der Waals surface area contributed by atoms with Crippen LogP contribution in [0.1, 0.15) is 22.3 Å². The van der Waals surface area contributed by atoms with Crippen LogP contribution in [0.4, 0.5) is 0 Å². The predicted octanol–water partition coefficient (Wildman–Crippen LogP) is 5.93. The van der Waals surface area contributed by atoms with Crippen LogP contribution in [-0.4, -0.2) is 5.11 Å². The first-order valence-electron chi connectivity index (χ1n) is 9.28. The first kappa shape index (κ1) is 16.0. The lowest BCUT2D eigenvalue weighted by molar-refractivity contribution is 0.131. The van der Waals surface area contributed by atoms with Gasteiger partial charge in [0.05, 0.1) is 0 Å². The van der Waals surface area contributed by atoms with Gasteiger partial charge in [0.15, 0.2) is 0 Å². The molecular formula is C26H20O. The van der Waals surface area contributed by atoms with E-state index in [1.54, 1.807) is 0 Å². The quantitative estimate of drug-likeness (QED) is 0.476. The lowest BCUT2D eigenvalue weighted by Gasteiger charge is -2.29. The molecule has 1 aliphatic rings. The largest absolute Gasteiger partial charge is 0.376 e. The van der Waals surface area contributed by atoms with Gasteiger partial charge in [0.2, 0.25) is 0 Å². The second-order valence-corrected chi connectivity index (χ2v) is 7.22. The van der Waals surface area contributed by atoms with Gasteiger partial charge in [-0.2, -0.15) is 0 Å². The van der Waals surface area contributed by atoms with Crippen LogP contribution in [0.5, 0.6) is 0 Å². The van der Waals surface area contributed by atoms with Crippen LogP contribution in [0.2, 0.25) is 0 Å². The fourth-order valence-electron chi connectivity index (χ4n) is 4.33. The van der Waals surface area contributed by atoms with E-state index in [-0.39, 0.29) is 0 Å². The van der Waals surface area contributed by atoms with E-state index in [0.29, 0.717) is 0 Å². The normalized spacial score (nSPS) is 13.9. The smallest absolute Gasteiger partial charge is 0.142 e. The molecular weight excluding hydrogens is 328 g/mol. The monoisotopic (exact) mass is 348 g/mol.